The lowest BCUT2D eigenvalue weighted by Gasteiger charge is -2.28. The predicted octanol–water partition coefficient (Wildman–Crippen LogP) is 4.81. The summed E-state index contributed by atoms with van der Waals surface area (Å²) in [6.07, 6.45) is 0. The average molecular weight is 483 g/mol. The minimum atomic E-state index is -1.37. The Morgan fingerprint density at radius 3 is 2.37 bits per heavy atom. The molecule has 0 saturated carbocycles. The molecular weight excluding hydrogens is 464 g/mol. The van der Waals surface area contributed by atoms with Gasteiger partial charge in [-0.3, -0.25) is 14.5 Å². The summed E-state index contributed by atoms with van der Waals surface area (Å²) in [5.41, 5.74) is 2.06. The van der Waals surface area contributed by atoms with Crippen molar-refractivity contribution in [3.63, 3.8) is 0 Å². The maximum Gasteiger partial charge on any atom is 0.325 e. The van der Waals surface area contributed by atoms with Gasteiger partial charge in [-0.25, -0.2) is 4.79 Å². The highest BCUT2D eigenvalue weighted by atomic mass is 79.9. The van der Waals surface area contributed by atoms with Gasteiger partial charge in [0.25, 0.3) is 5.91 Å². The first-order chi connectivity index (χ1) is 14.3. The van der Waals surface area contributed by atoms with E-state index in [1.165, 1.54) is 11.3 Å². The third-order valence-electron chi connectivity index (χ3n) is 5.40. The molecule has 4 rings (SSSR count). The predicted molar refractivity (Wildman–Crippen MR) is 120 cm³/mol. The van der Waals surface area contributed by atoms with Crippen molar-refractivity contribution in [1.29, 1.82) is 0 Å². The van der Waals surface area contributed by atoms with Gasteiger partial charge in [-0.1, -0.05) is 48.5 Å². The number of nitrogens with zero attached hydrogens (tertiary/aromatic N) is 1. The van der Waals surface area contributed by atoms with Gasteiger partial charge in [0.2, 0.25) is 0 Å². The monoisotopic (exact) mass is 482 g/mol. The van der Waals surface area contributed by atoms with Gasteiger partial charge in [0.1, 0.15) is 0 Å². The SMILES string of the molecule is Cc1ccc(C2(c3ccccc3)NC(=O)N(CC(=O)c3ccc(Br)s3)C2=O)cc1C. The highest BCUT2D eigenvalue weighted by Crippen LogP contribution is 2.37. The molecule has 1 atom stereocenters. The lowest BCUT2D eigenvalue weighted by Crippen LogP contribution is -2.45. The number of amides is 3. The Morgan fingerprint density at radius 2 is 1.73 bits per heavy atom. The number of hydrogen-bond donors (Lipinski definition) is 1. The van der Waals surface area contributed by atoms with Crippen molar-refractivity contribution < 1.29 is 14.4 Å². The third kappa shape index (κ3) is 3.38. The second-order valence-electron chi connectivity index (χ2n) is 7.26. The number of urea groups is 1. The van der Waals surface area contributed by atoms with Crippen LogP contribution in [-0.2, 0) is 10.3 Å². The number of hydrogen-bond acceptors (Lipinski definition) is 4. The molecule has 5 nitrogen and oxygen atoms in total. The van der Waals surface area contributed by atoms with Crippen molar-refractivity contribution >= 4 is 45.0 Å². The number of imide groups is 1. The standard InChI is InChI=1S/C23H19BrN2O3S/c1-14-8-9-17(12-15(14)2)23(16-6-4-3-5-7-16)21(28)26(22(29)25-23)13-18(27)19-10-11-20(24)30-19/h3-12H,13H2,1-2H3,(H,25,29). The molecule has 0 aliphatic carbocycles. The molecule has 30 heavy (non-hydrogen) atoms. The zero-order chi connectivity index (χ0) is 21.5. The Hall–Kier alpha value is -2.77. The summed E-state index contributed by atoms with van der Waals surface area (Å²) in [6, 6.07) is 17.7. The molecule has 1 saturated heterocycles. The number of rotatable bonds is 5. The van der Waals surface area contributed by atoms with E-state index < -0.39 is 17.5 Å². The fourth-order valence-electron chi connectivity index (χ4n) is 3.63. The van der Waals surface area contributed by atoms with Crippen molar-refractivity contribution in [3.05, 3.63) is 91.6 Å². The zero-order valence-corrected chi connectivity index (χ0v) is 18.8. The number of nitrogens with one attached hydrogen (secondary N) is 1. The summed E-state index contributed by atoms with van der Waals surface area (Å²) in [7, 11) is 0. The molecule has 1 N–H and O–H groups in total. The van der Waals surface area contributed by atoms with Gasteiger partial charge >= 0.3 is 6.03 Å². The first-order valence-electron chi connectivity index (χ1n) is 9.39. The molecule has 0 radical (unpaired) electrons. The molecule has 1 fully saturated rings. The van der Waals surface area contributed by atoms with Gasteiger partial charge < -0.3 is 5.32 Å². The minimum Gasteiger partial charge on any atom is -0.315 e. The van der Waals surface area contributed by atoms with Crippen LogP contribution in [0.4, 0.5) is 4.79 Å². The molecule has 1 aliphatic heterocycles. The summed E-state index contributed by atoms with van der Waals surface area (Å²) in [6.45, 7) is 3.65. The molecular formula is C23H19BrN2O3S. The Labute approximate surface area is 186 Å². The Morgan fingerprint density at radius 1 is 1.00 bits per heavy atom. The van der Waals surface area contributed by atoms with Crippen LogP contribution in [0, 0.1) is 13.8 Å². The van der Waals surface area contributed by atoms with E-state index in [0.29, 0.717) is 16.0 Å². The molecule has 1 aromatic heterocycles. The highest BCUT2D eigenvalue weighted by molar-refractivity contribution is 9.11. The zero-order valence-electron chi connectivity index (χ0n) is 16.4. The van der Waals surface area contributed by atoms with Gasteiger partial charge in [-0.2, -0.15) is 0 Å². The summed E-state index contributed by atoms with van der Waals surface area (Å²) in [4.78, 5) is 40.8. The van der Waals surface area contributed by atoms with Gasteiger partial charge in [0.15, 0.2) is 11.3 Å². The van der Waals surface area contributed by atoms with Crippen molar-refractivity contribution in [2.24, 2.45) is 0 Å². The van der Waals surface area contributed by atoms with Crippen LogP contribution in [0.1, 0.15) is 31.9 Å². The minimum absolute atomic E-state index is 0.279. The Kier molecular flexibility index (Phi) is 5.34. The lowest BCUT2D eigenvalue weighted by atomic mass is 9.81. The van der Waals surface area contributed by atoms with Crippen LogP contribution in [0.2, 0.25) is 0 Å². The molecule has 0 bridgehead atoms. The van der Waals surface area contributed by atoms with Crippen LogP contribution in [-0.4, -0.2) is 29.2 Å². The van der Waals surface area contributed by atoms with E-state index in [1.807, 2.05) is 62.4 Å². The van der Waals surface area contributed by atoms with E-state index in [1.54, 1.807) is 12.1 Å². The molecule has 3 amide bonds. The number of carbonyl (C=O) groups excluding carboxylic acids is 3. The fraction of sp³-hybridized carbons (Fsp3) is 0.174. The van der Waals surface area contributed by atoms with E-state index in [9.17, 15) is 14.4 Å². The average Bonchev–Trinajstić information content (AvgIpc) is 3.28. The molecule has 0 spiro atoms. The molecule has 152 valence electrons. The highest BCUT2D eigenvalue weighted by Gasteiger charge is 2.54. The quantitative estimate of drug-likeness (QED) is 0.419. The molecule has 1 unspecified atom stereocenters. The number of benzene rings is 2. The summed E-state index contributed by atoms with van der Waals surface area (Å²) >= 11 is 4.61. The smallest absolute Gasteiger partial charge is 0.315 e. The largest absolute Gasteiger partial charge is 0.325 e. The number of ketones is 1. The second-order valence-corrected chi connectivity index (χ2v) is 9.73. The number of thiophene rings is 1. The topological polar surface area (TPSA) is 66.5 Å². The lowest BCUT2D eigenvalue weighted by molar-refractivity contribution is -0.129. The summed E-state index contributed by atoms with van der Waals surface area (Å²) < 4.78 is 0.816. The van der Waals surface area contributed by atoms with E-state index >= 15 is 0 Å². The molecule has 1 aliphatic rings. The normalized spacial score (nSPS) is 18.6. The summed E-state index contributed by atoms with van der Waals surface area (Å²) in [5.74, 6) is -0.732. The van der Waals surface area contributed by atoms with Crippen LogP contribution in [0.5, 0.6) is 0 Å². The van der Waals surface area contributed by atoms with Gasteiger partial charge in [0.05, 0.1) is 15.2 Å². The Bertz CT molecular complexity index is 1160. The van der Waals surface area contributed by atoms with Crippen molar-refractivity contribution in [1.82, 2.24) is 10.2 Å². The van der Waals surface area contributed by atoms with Crippen LogP contribution >= 0.6 is 27.3 Å². The van der Waals surface area contributed by atoms with E-state index in [0.717, 1.165) is 19.8 Å². The molecule has 7 heteroatoms. The first kappa shape index (κ1) is 20.5. The van der Waals surface area contributed by atoms with Gasteiger partial charge in [-0.15, -0.1) is 11.3 Å². The van der Waals surface area contributed by atoms with Crippen molar-refractivity contribution in [2.75, 3.05) is 6.54 Å². The molecule has 2 aromatic carbocycles. The number of halogens is 1. The van der Waals surface area contributed by atoms with Crippen LogP contribution in [0.25, 0.3) is 0 Å². The fourth-order valence-corrected chi connectivity index (χ4v) is 4.94. The number of aryl methyl sites for hydroxylation is 2. The van der Waals surface area contributed by atoms with Crippen LogP contribution < -0.4 is 5.32 Å². The maximum atomic E-state index is 13.7. The van der Waals surface area contributed by atoms with E-state index in [2.05, 4.69) is 21.2 Å². The summed E-state index contributed by atoms with van der Waals surface area (Å²) in [5, 5.41) is 2.89. The number of carbonyl (C=O) groups is 3. The molecule has 2 heterocycles. The molecule has 3 aromatic rings. The van der Waals surface area contributed by atoms with Gasteiger partial charge in [-0.05, 0) is 64.2 Å². The van der Waals surface area contributed by atoms with E-state index in [-0.39, 0.29) is 12.3 Å². The number of Topliss-reactive ketones (excluding diaryl/α,β-unsaturated/α-hetero) is 1. The van der Waals surface area contributed by atoms with Crippen molar-refractivity contribution in [3.8, 4) is 0 Å². The first-order valence-corrected chi connectivity index (χ1v) is 11.0. The van der Waals surface area contributed by atoms with Crippen molar-refractivity contribution in [2.45, 2.75) is 19.4 Å². The maximum absolute atomic E-state index is 13.7. The van der Waals surface area contributed by atoms with Gasteiger partial charge in [0, 0.05) is 0 Å². The second kappa shape index (κ2) is 7.81. The Balaban J connectivity index is 1.78. The third-order valence-corrected chi connectivity index (χ3v) is 7.07. The van der Waals surface area contributed by atoms with Crippen LogP contribution in [0.15, 0.2) is 64.5 Å². The van der Waals surface area contributed by atoms with Crippen LogP contribution in [0.3, 0.4) is 0 Å². The van der Waals surface area contributed by atoms with E-state index in [4.69, 9.17) is 0 Å².